The molecule has 0 aromatic carbocycles. The average Bonchev–Trinajstić information content (AvgIpc) is 2.48. The van der Waals surface area contributed by atoms with Gasteiger partial charge in [0, 0.05) is 6.42 Å². The lowest BCUT2D eigenvalue weighted by molar-refractivity contribution is -0.110. The molecule has 0 aliphatic heterocycles. The summed E-state index contributed by atoms with van der Waals surface area (Å²) in [6, 6.07) is 0. The van der Waals surface area contributed by atoms with Crippen LogP contribution in [0.2, 0.25) is 0 Å². The number of hydrogen-bond donors (Lipinski definition) is 1. The lowest BCUT2D eigenvalue weighted by Crippen LogP contribution is -2.19. The van der Waals surface area contributed by atoms with Gasteiger partial charge in [-0.3, -0.25) is 0 Å². The summed E-state index contributed by atoms with van der Waals surface area (Å²) in [5.74, 6) is 0.644. The van der Waals surface area contributed by atoms with Gasteiger partial charge >= 0.3 is 0 Å². The van der Waals surface area contributed by atoms with Crippen molar-refractivity contribution >= 4 is 6.29 Å². The summed E-state index contributed by atoms with van der Waals surface area (Å²) in [5.41, 5.74) is 2.25. The van der Waals surface area contributed by atoms with Gasteiger partial charge in [0.2, 0.25) is 0 Å². The average molecular weight is 272 g/mol. The Balaban J connectivity index is 2.01. The Morgan fingerprint density at radius 3 is 2.75 bits per heavy atom. The Bertz CT molecular complexity index is 520. The third-order valence-electron chi connectivity index (χ3n) is 3.72. The smallest absolute Gasteiger partial charge is 0.130 e. The van der Waals surface area contributed by atoms with Gasteiger partial charge in [0.25, 0.3) is 0 Å². The van der Waals surface area contributed by atoms with Gasteiger partial charge in [-0.05, 0) is 43.1 Å². The van der Waals surface area contributed by atoms with Crippen LogP contribution in [0.15, 0.2) is 59.6 Å². The zero-order valence-electron chi connectivity index (χ0n) is 11.7. The fourth-order valence-electron chi connectivity index (χ4n) is 2.37. The fraction of sp³-hybridized carbons (Fsp3) is 0.353. The second-order valence-corrected chi connectivity index (χ2v) is 5.12. The van der Waals surface area contributed by atoms with Crippen LogP contribution in [-0.4, -0.2) is 17.5 Å². The molecule has 20 heavy (non-hydrogen) atoms. The largest absolute Gasteiger partial charge is 0.512 e. The van der Waals surface area contributed by atoms with Crippen molar-refractivity contribution in [3.63, 3.8) is 0 Å². The third-order valence-corrected chi connectivity index (χ3v) is 3.72. The van der Waals surface area contributed by atoms with Crippen LogP contribution < -0.4 is 0 Å². The number of aliphatic hydroxyl groups is 1. The van der Waals surface area contributed by atoms with Crippen molar-refractivity contribution in [2.24, 2.45) is 5.92 Å². The minimum atomic E-state index is -0.436. The van der Waals surface area contributed by atoms with E-state index in [0.29, 0.717) is 6.42 Å². The van der Waals surface area contributed by atoms with Gasteiger partial charge in [-0.15, -0.1) is 0 Å². The van der Waals surface area contributed by atoms with E-state index in [2.05, 4.69) is 6.58 Å². The van der Waals surface area contributed by atoms with Crippen LogP contribution in [0.5, 0.6) is 0 Å². The summed E-state index contributed by atoms with van der Waals surface area (Å²) in [5, 5.41) is 9.56. The summed E-state index contributed by atoms with van der Waals surface area (Å²) < 4.78 is 5.94. The van der Waals surface area contributed by atoms with Crippen molar-refractivity contribution in [2.75, 3.05) is 0 Å². The molecule has 2 atom stereocenters. The van der Waals surface area contributed by atoms with Crippen LogP contribution >= 0.6 is 0 Å². The van der Waals surface area contributed by atoms with Gasteiger partial charge in [0.15, 0.2) is 0 Å². The SMILES string of the molecule is C=CC1=CC=C(OC(C)C2=CC=C(O)C(C=O)C2)CC1. The molecule has 0 bridgehead atoms. The van der Waals surface area contributed by atoms with Gasteiger partial charge < -0.3 is 14.6 Å². The van der Waals surface area contributed by atoms with Crippen molar-refractivity contribution < 1.29 is 14.6 Å². The lowest BCUT2D eigenvalue weighted by Gasteiger charge is -2.25. The third kappa shape index (κ3) is 3.29. The monoisotopic (exact) mass is 272 g/mol. The molecular formula is C17H20O3. The number of carbonyl (C=O) groups is 1. The molecule has 106 valence electrons. The predicted molar refractivity (Wildman–Crippen MR) is 79.1 cm³/mol. The summed E-state index contributed by atoms with van der Waals surface area (Å²) in [6.07, 6.45) is 12.3. The molecule has 0 amide bonds. The van der Waals surface area contributed by atoms with Crippen LogP contribution in [0.3, 0.4) is 0 Å². The van der Waals surface area contributed by atoms with Gasteiger partial charge in [0.05, 0.1) is 11.7 Å². The molecule has 0 heterocycles. The number of rotatable bonds is 5. The Morgan fingerprint density at radius 2 is 2.15 bits per heavy atom. The molecule has 0 saturated heterocycles. The van der Waals surface area contributed by atoms with E-state index in [1.165, 1.54) is 5.57 Å². The molecule has 2 rings (SSSR count). The van der Waals surface area contributed by atoms with E-state index in [4.69, 9.17) is 4.74 Å². The van der Waals surface area contributed by atoms with Crippen molar-refractivity contribution in [3.8, 4) is 0 Å². The Morgan fingerprint density at radius 1 is 1.35 bits per heavy atom. The number of aliphatic hydroxyl groups excluding tert-OH is 1. The van der Waals surface area contributed by atoms with Crippen molar-refractivity contribution in [3.05, 3.63) is 59.6 Å². The number of carbonyl (C=O) groups excluding carboxylic acids is 1. The van der Waals surface area contributed by atoms with Crippen LogP contribution in [0, 0.1) is 5.92 Å². The van der Waals surface area contributed by atoms with Crippen molar-refractivity contribution in [1.29, 1.82) is 0 Å². The van der Waals surface area contributed by atoms with Gasteiger partial charge in [0.1, 0.15) is 18.1 Å². The Hall–Kier alpha value is -2.03. The molecule has 0 saturated carbocycles. The van der Waals surface area contributed by atoms with E-state index >= 15 is 0 Å². The number of hydrogen-bond acceptors (Lipinski definition) is 3. The maximum Gasteiger partial charge on any atom is 0.130 e. The van der Waals surface area contributed by atoms with E-state index in [9.17, 15) is 9.90 Å². The maximum absolute atomic E-state index is 10.9. The molecular weight excluding hydrogens is 252 g/mol. The molecule has 0 aromatic heterocycles. The van der Waals surface area contributed by atoms with E-state index in [1.54, 1.807) is 6.08 Å². The minimum Gasteiger partial charge on any atom is -0.512 e. The number of allylic oxidation sites excluding steroid dienone is 8. The van der Waals surface area contributed by atoms with Crippen LogP contribution in [0.4, 0.5) is 0 Å². The maximum atomic E-state index is 10.9. The molecule has 2 unspecified atom stereocenters. The predicted octanol–water partition coefficient (Wildman–Crippen LogP) is 3.77. The van der Waals surface area contributed by atoms with E-state index < -0.39 is 5.92 Å². The number of ether oxygens (including phenoxy) is 1. The number of aldehydes is 1. The molecule has 3 heteroatoms. The van der Waals surface area contributed by atoms with Gasteiger partial charge in [-0.2, -0.15) is 0 Å². The molecule has 2 aliphatic rings. The highest BCUT2D eigenvalue weighted by Crippen LogP contribution is 2.28. The van der Waals surface area contributed by atoms with Crippen LogP contribution in [0.25, 0.3) is 0 Å². The summed E-state index contributed by atoms with van der Waals surface area (Å²) >= 11 is 0. The Labute approximate surface area is 119 Å². The van der Waals surface area contributed by atoms with Crippen molar-refractivity contribution in [2.45, 2.75) is 32.3 Å². The summed E-state index contributed by atoms with van der Waals surface area (Å²) in [6.45, 7) is 5.73. The molecule has 1 N–H and O–H groups in total. The second-order valence-electron chi connectivity index (χ2n) is 5.12. The fourth-order valence-corrected chi connectivity index (χ4v) is 2.37. The lowest BCUT2D eigenvalue weighted by atomic mass is 9.91. The molecule has 3 nitrogen and oxygen atoms in total. The second kappa shape index (κ2) is 6.42. The molecule has 0 aromatic rings. The highest BCUT2D eigenvalue weighted by Gasteiger charge is 2.22. The standard InChI is InChI=1S/C17H20O3/c1-3-13-4-7-16(8-5-13)20-12(2)14-6-9-17(19)15(10-14)11-18/h3-4,6-7,9,11-12,15,19H,1,5,8,10H2,2H3. The van der Waals surface area contributed by atoms with Crippen LogP contribution in [-0.2, 0) is 9.53 Å². The van der Waals surface area contributed by atoms with Crippen molar-refractivity contribution in [1.82, 2.24) is 0 Å². The molecule has 0 spiro atoms. The van der Waals surface area contributed by atoms with Gasteiger partial charge in [-0.1, -0.05) is 24.8 Å². The highest BCUT2D eigenvalue weighted by molar-refractivity contribution is 5.60. The quantitative estimate of drug-likeness (QED) is 0.775. The Kier molecular flexibility index (Phi) is 4.61. The zero-order valence-corrected chi connectivity index (χ0v) is 11.7. The summed E-state index contributed by atoms with van der Waals surface area (Å²) in [7, 11) is 0. The first-order valence-corrected chi connectivity index (χ1v) is 6.87. The molecule has 0 fully saturated rings. The molecule has 0 radical (unpaired) electrons. The zero-order chi connectivity index (χ0) is 14.5. The van der Waals surface area contributed by atoms with Crippen LogP contribution in [0.1, 0.15) is 26.2 Å². The minimum absolute atomic E-state index is 0.0910. The van der Waals surface area contributed by atoms with E-state index in [1.807, 2.05) is 31.2 Å². The first-order chi connectivity index (χ1) is 9.63. The topological polar surface area (TPSA) is 46.5 Å². The van der Waals surface area contributed by atoms with E-state index in [-0.39, 0.29) is 11.9 Å². The first kappa shape index (κ1) is 14.4. The highest BCUT2D eigenvalue weighted by atomic mass is 16.5. The first-order valence-electron chi connectivity index (χ1n) is 6.87. The van der Waals surface area contributed by atoms with E-state index in [0.717, 1.165) is 30.5 Å². The van der Waals surface area contributed by atoms with Gasteiger partial charge in [-0.25, -0.2) is 0 Å². The summed E-state index contributed by atoms with van der Waals surface area (Å²) in [4.78, 5) is 10.9. The normalized spacial score (nSPS) is 23.8. The molecule has 2 aliphatic carbocycles.